The highest BCUT2D eigenvalue weighted by Crippen LogP contribution is 2.41. The minimum absolute atomic E-state index is 0.0760. The zero-order chi connectivity index (χ0) is 14.2. The van der Waals surface area contributed by atoms with E-state index in [2.05, 4.69) is 32.7 Å². The number of aromatic carboxylic acids is 1. The molecule has 2 rings (SSSR count). The van der Waals surface area contributed by atoms with Gasteiger partial charge >= 0.3 is 5.97 Å². The van der Waals surface area contributed by atoms with E-state index in [0.717, 1.165) is 22.7 Å². The van der Waals surface area contributed by atoms with Crippen molar-refractivity contribution in [1.82, 2.24) is 4.98 Å². The lowest BCUT2D eigenvalue weighted by Crippen LogP contribution is -2.13. The van der Waals surface area contributed by atoms with Crippen molar-refractivity contribution in [3.8, 4) is 0 Å². The molecule has 0 amide bonds. The minimum Gasteiger partial charge on any atom is -0.476 e. The Hall–Kier alpha value is -0.900. The first kappa shape index (κ1) is 14.5. The summed E-state index contributed by atoms with van der Waals surface area (Å²) in [6.07, 6.45) is 4.68. The van der Waals surface area contributed by atoms with Crippen molar-refractivity contribution in [2.75, 3.05) is 0 Å². The van der Waals surface area contributed by atoms with Crippen LogP contribution in [0.3, 0.4) is 0 Å². The molecule has 1 aliphatic rings. The first-order valence-corrected chi connectivity index (χ1v) is 7.85. The van der Waals surface area contributed by atoms with Crippen LogP contribution in [0, 0.1) is 5.92 Å². The number of thiazole rings is 1. The van der Waals surface area contributed by atoms with Crippen LogP contribution in [-0.2, 0) is 5.41 Å². The average molecular weight is 281 g/mol. The van der Waals surface area contributed by atoms with Gasteiger partial charge in [0.05, 0.1) is 5.01 Å². The quantitative estimate of drug-likeness (QED) is 0.872. The predicted octanol–water partition coefficient (Wildman–Crippen LogP) is 4.43. The van der Waals surface area contributed by atoms with Crippen LogP contribution in [0.25, 0.3) is 0 Å². The van der Waals surface area contributed by atoms with E-state index in [1.807, 2.05) is 0 Å². The van der Waals surface area contributed by atoms with Gasteiger partial charge in [-0.1, -0.05) is 40.5 Å². The lowest BCUT2D eigenvalue weighted by molar-refractivity contribution is 0.0688. The lowest BCUT2D eigenvalue weighted by atomic mass is 9.81. The van der Waals surface area contributed by atoms with Crippen molar-refractivity contribution >= 4 is 17.3 Å². The third-order valence-electron chi connectivity index (χ3n) is 3.80. The summed E-state index contributed by atoms with van der Waals surface area (Å²) in [5.74, 6) is 0.212. The Labute approximate surface area is 119 Å². The van der Waals surface area contributed by atoms with Crippen LogP contribution < -0.4 is 0 Å². The summed E-state index contributed by atoms with van der Waals surface area (Å²) in [7, 11) is 0. The van der Waals surface area contributed by atoms with Crippen LogP contribution in [0.2, 0.25) is 0 Å². The first-order chi connectivity index (χ1) is 8.79. The summed E-state index contributed by atoms with van der Waals surface area (Å²) in [4.78, 5) is 16.8. The molecule has 3 nitrogen and oxygen atoms in total. The Balaban J connectivity index is 2.37. The highest BCUT2D eigenvalue weighted by atomic mass is 32.1. The molecule has 1 saturated carbocycles. The Morgan fingerprint density at radius 3 is 2.58 bits per heavy atom. The van der Waals surface area contributed by atoms with Crippen molar-refractivity contribution in [3.05, 3.63) is 15.6 Å². The second-order valence-electron chi connectivity index (χ2n) is 6.76. The Morgan fingerprint density at radius 2 is 2.05 bits per heavy atom. The van der Waals surface area contributed by atoms with Gasteiger partial charge in [-0.05, 0) is 24.7 Å². The fourth-order valence-electron chi connectivity index (χ4n) is 2.75. The molecule has 1 heterocycles. The van der Waals surface area contributed by atoms with Crippen LogP contribution >= 0.6 is 11.3 Å². The molecule has 0 radical (unpaired) electrons. The number of carbonyl (C=O) groups is 1. The summed E-state index contributed by atoms with van der Waals surface area (Å²) in [5.41, 5.74) is 0.224. The highest BCUT2D eigenvalue weighted by molar-refractivity contribution is 7.12. The number of nitrogens with zero attached hydrogens (tertiary/aromatic N) is 1. The molecule has 0 aromatic carbocycles. The number of rotatable bonds is 2. The maximum Gasteiger partial charge on any atom is 0.355 e. The molecule has 2 unspecified atom stereocenters. The molecule has 1 aromatic heterocycles. The molecular weight excluding hydrogens is 258 g/mol. The average Bonchev–Trinajstić information content (AvgIpc) is 2.73. The monoisotopic (exact) mass is 281 g/mol. The minimum atomic E-state index is -0.875. The highest BCUT2D eigenvalue weighted by Gasteiger charge is 2.30. The maximum absolute atomic E-state index is 11.4. The summed E-state index contributed by atoms with van der Waals surface area (Å²) in [5, 5.41) is 10.3. The van der Waals surface area contributed by atoms with Gasteiger partial charge < -0.3 is 5.11 Å². The molecule has 106 valence electrons. The SMILES string of the molecule is CC1CCCC(c2sc(C(C)(C)C)nc2C(=O)O)C1. The van der Waals surface area contributed by atoms with Crippen LogP contribution in [0.1, 0.15) is 79.7 Å². The molecular formula is C15H23NO2S. The van der Waals surface area contributed by atoms with E-state index in [-0.39, 0.29) is 5.41 Å². The first-order valence-electron chi connectivity index (χ1n) is 7.03. The van der Waals surface area contributed by atoms with Crippen molar-refractivity contribution in [2.24, 2.45) is 5.92 Å². The summed E-state index contributed by atoms with van der Waals surface area (Å²) in [6.45, 7) is 8.53. The van der Waals surface area contributed by atoms with Gasteiger partial charge in [0.25, 0.3) is 0 Å². The molecule has 1 fully saturated rings. The summed E-state index contributed by atoms with van der Waals surface area (Å²) >= 11 is 1.61. The van der Waals surface area contributed by atoms with E-state index in [1.165, 1.54) is 12.8 Å². The third-order valence-corrected chi connectivity index (χ3v) is 5.45. The van der Waals surface area contributed by atoms with Crippen LogP contribution in [0.15, 0.2) is 0 Å². The van der Waals surface area contributed by atoms with Gasteiger partial charge in [0.2, 0.25) is 0 Å². The summed E-state index contributed by atoms with van der Waals surface area (Å²) < 4.78 is 0. The molecule has 0 aliphatic heterocycles. The number of aromatic nitrogens is 1. The molecule has 4 heteroatoms. The number of hydrogen-bond acceptors (Lipinski definition) is 3. The van der Waals surface area contributed by atoms with Gasteiger partial charge in [0, 0.05) is 10.3 Å². The van der Waals surface area contributed by atoms with Crippen molar-refractivity contribution < 1.29 is 9.90 Å². The van der Waals surface area contributed by atoms with E-state index < -0.39 is 5.97 Å². The van der Waals surface area contributed by atoms with E-state index >= 15 is 0 Å². The van der Waals surface area contributed by atoms with Crippen LogP contribution in [0.5, 0.6) is 0 Å². The molecule has 0 bridgehead atoms. The Morgan fingerprint density at radius 1 is 1.37 bits per heavy atom. The van der Waals surface area contributed by atoms with Crippen molar-refractivity contribution in [2.45, 2.75) is 64.7 Å². The van der Waals surface area contributed by atoms with E-state index in [1.54, 1.807) is 11.3 Å². The third kappa shape index (κ3) is 3.16. The molecule has 19 heavy (non-hydrogen) atoms. The molecule has 0 saturated heterocycles. The second-order valence-corrected chi connectivity index (χ2v) is 7.79. The number of hydrogen-bond donors (Lipinski definition) is 1. The zero-order valence-corrected chi connectivity index (χ0v) is 13.0. The van der Waals surface area contributed by atoms with Gasteiger partial charge in [-0.2, -0.15) is 0 Å². The second kappa shape index (κ2) is 5.23. The van der Waals surface area contributed by atoms with Gasteiger partial charge in [-0.25, -0.2) is 9.78 Å². The molecule has 0 spiro atoms. The lowest BCUT2D eigenvalue weighted by Gasteiger charge is -2.26. The van der Waals surface area contributed by atoms with Crippen molar-refractivity contribution in [3.63, 3.8) is 0 Å². The van der Waals surface area contributed by atoms with Gasteiger partial charge in [0.1, 0.15) is 0 Å². The van der Waals surface area contributed by atoms with E-state index in [9.17, 15) is 9.90 Å². The molecule has 1 aliphatic carbocycles. The van der Waals surface area contributed by atoms with Crippen LogP contribution in [-0.4, -0.2) is 16.1 Å². The molecule has 2 atom stereocenters. The van der Waals surface area contributed by atoms with Gasteiger partial charge in [-0.15, -0.1) is 11.3 Å². The number of carboxylic acids is 1. The zero-order valence-electron chi connectivity index (χ0n) is 12.2. The Bertz CT molecular complexity index is 473. The number of carboxylic acid groups (broad SMARTS) is 1. The summed E-state index contributed by atoms with van der Waals surface area (Å²) in [6, 6.07) is 0. The van der Waals surface area contributed by atoms with Gasteiger partial charge in [-0.3, -0.25) is 0 Å². The standard InChI is InChI=1S/C15H23NO2S/c1-9-6-5-7-10(8-9)12-11(13(17)18)16-14(19-12)15(2,3)4/h9-10H,5-8H2,1-4H3,(H,17,18). The largest absolute Gasteiger partial charge is 0.476 e. The van der Waals surface area contributed by atoms with E-state index in [0.29, 0.717) is 17.5 Å². The van der Waals surface area contributed by atoms with E-state index in [4.69, 9.17) is 0 Å². The molecule has 1 aromatic rings. The smallest absolute Gasteiger partial charge is 0.355 e. The fraction of sp³-hybridized carbons (Fsp3) is 0.733. The van der Waals surface area contributed by atoms with Crippen molar-refractivity contribution in [1.29, 1.82) is 0 Å². The molecule has 1 N–H and O–H groups in total. The predicted molar refractivity (Wildman–Crippen MR) is 78.1 cm³/mol. The van der Waals surface area contributed by atoms with Crippen LogP contribution in [0.4, 0.5) is 0 Å². The normalized spacial score (nSPS) is 24.4. The topological polar surface area (TPSA) is 50.2 Å². The maximum atomic E-state index is 11.4. The van der Waals surface area contributed by atoms with Gasteiger partial charge in [0.15, 0.2) is 5.69 Å². The Kier molecular flexibility index (Phi) is 4.00. The fourth-order valence-corrected chi connectivity index (χ4v) is 4.02.